The Morgan fingerprint density at radius 2 is 2.12 bits per heavy atom. The van der Waals surface area contributed by atoms with Crippen LogP contribution in [0.2, 0.25) is 0 Å². The van der Waals surface area contributed by atoms with Crippen LogP contribution in [0, 0.1) is 0 Å². The van der Waals surface area contributed by atoms with Gasteiger partial charge in [-0.25, -0.2) is 4.98 Å². The van der Waals surface area contributed by atoms with Gasteiger partial charge in [0.2, 0.25) is 0 Å². The van der Waals surface area contributed by atoms with Crippen molar-refractivity contribution in [3.63, 3.8) is 0 Å². The fourth-order valence-corrected chi connectivity index (χ4v) is 3.78. The first kappa shape index (κ1) is 18.4. The number of benzene rings is 1. The summed E-state index contributed by atoms with van der Waals surface area (Å²) >= 11 is 2.66. The van der Waals surface area contributed by atoms with Gasteiger partial charge < -0.3 is 10.1 Å². The van der Waals surface area contributed by atoms with Crippen molar-refractivity contribution in [2.75, 3.05) is 11.9 Å². The predicted molar refractivity (Wildman–Crippen MR) is 96.0 cm³/mol. The minimum Gasteiger partial charge on any atom is -0.492 e. The van der Waals surface area contributed by atoms with Crippen LogP contribution in [0.25, 0.3) is 9.88 Å². The molecule has 3 aromatic rings. The molecule has 0 radical (unpaired) electrons. The fraction of sp³-hybridized carbons (Fsp3) is 0.176. The third kappa shape index (κ3) is 4.05. The number of thiophene rings is 1. The van der Waals surface area contributed by atoms with E-state index in [1.54, 1.807) is 6.92 Å². The number of thiazole rings is 1. The van der Waals surface area contributed by atoms with Gasteiger partial charge in [0.05, 0.1) is 28.9 Å². The zero-order valence-corrected chi connectivity index (χ0v) is 15.1. The lowest BCUT2D eigenvalue weighted by Gasteiger charge is -2.14. The second-order valence-corrected chi connectivity index (χ2v) is 7.08. The summed E-state index contributed by atoms with van der Waals surface area (Å²) in [6, 6.07) is 6.74. The van der Waals surface area contributed by atoms with Crippen molar-refractivity contribution < 1.29 is 22.7 Å². The largest absolute Gasteiger partial charge is 0.492 e. The molecule has 0 fully saturated rings. The van der Waals surface area contributed by atoms with Gasteiger partial charge >= 0.3 is 6.18 Å². The van der Waals surface area contributed by atoms with Crippen molar-refractivity contribution in [3.05, 3.63) is 52.3 Å². The van der Waals surface area contributed by atoms with Crippen LogP contribution in [0.1, 0.15) is 22.2 Å². The number of halogens is 3. The SMILES string of the molecule is CCOc1ccc(C(F)(F)F)cc1NC(=O)c1cnc(-c2cccs2)s1. The van der Waals surface area contributed by atoms with Gasteiger partial charge in [-0.1, -0.05) is 6.07 Å². The highest BCUT2D eigenvalue weighted by molar-refractivity contribution is 7.22. The number of carbonyl (C=O) groups is 1. The Morgan fingerprint density at radius 3 is 2.77 bits per heavy atom. The molecule has 0 aliphatic carbocycles. The highest BCUT2D eigenvalue weighted by atomic mass is 32.1. The van der Waals surface area contributed by atoms with E-state index in [0.717, 1.165) is 17.0 Å². The number of hydrogen-bond donors (Lipinski definition) is 1. The maximum absolute atomic E-state index is 12.9. The first-order valence-corrected chi connectivity index (χ1v) is 9.23. The highest BCUT2D eigenvalue weighted by Crippen LogP contribution is 2.36. The van der Waals surface area contributed by atoms with Gasteiger partial charge in [-0.2, -0.15) is 13.2 Å². The molecular formula is C17H13F3N2O2S2. The minimum absolute atomic E-state index is 0.0299. The van der Waals surface area contributed by atoms with Crippen LogP contribution in [-0.4, -0.2) is 17.5 Å². The van der Waals surface area contributed by atoms with Gasteiger partial charge in [-0.3, -0.25) is 4.79 Å². The maximum Gasteiger partial charge on any atom is 0.416 e. The molecule has 1 aromatic carbocycles. The summed E-state index contributed by atoms with van der Waals surface area (Å²) in [6.07, 6.45) is -3.11. The van der Waals surface area contributed by atoms with Gasteiger partial charge in [-0.05, 0) is 36.6 Å². The summed E-state index contributed by atoms with van der Waals surface area (Å²) in [5.41, 5.74) is -0.891. The Labute approximate surface area is 155 Å². The Balaban J connectivity index is 1.86. The van der Waals surface area contributed by atoms with Gasteiger partial charge in [0.25, 0.3) is 5.91 Å². The first-order valence-electron chi connectivity index (χ1n) is 7.53. The molecule has 0 bridgehead atoms. The van der Waals surface area contributed by atoms with E-state index in [-0.39, 0.29) is 18.0 Å². The van der Waals surface area contributed by atoms with Crippen LogP contribution in [-0.2, 0) is 6.18 Å². The molecule has 2 heterocycles. The van der Waals surface area contributed by atoms with Gasteiger partial charge in [-0.15, -0.1) is 22.7 Å². The van der Waals surface area contributed by atoms with Crippen LogP contribution in [0.5, 0.6) is 5.75 Å². The van der Waals surface area contributed by atoms with E-state index in [0.29, 0.717) is 9.88 Å². The Hall–Kier alpha value is -2.39. The molecule has 0 saturated heterocycles. The second kappa shape index (κ2) is 7.46. The molecular weight excluding hydrogens is 385 g/mol. The van der Waals surface area contributed by atoms with Crippen molar-refractivity contribution in [1.29, 1.82) is 0 Å². The van der Waals surface area contributed by atoms with Crippen LogP contribution >= 0.6 is 22.7 Å². The predicted octanol–water partition coefficient (Wildman–Crippen LogP) is 5.54. The molecule has 0 atom stereocenters. The third-order valence-corrected chi connectivity index (χ3v) is 5.35. The summed E-state index contributed by atoms with van der Waals surface area (Å²) < 4.78 is 44.2. The van der Waals surface area contributed by atoms with E-state index in [1.165, 1.54) is 34.9 Å². The topological polar surface area (TPSA) is 51.2 Å². The minimum atomic E-state index is -4.51. The number of alkyl halides is 3. The lowest BCUT2D eigenvalue weighted by Crippen LogP contribution is -2.13. The monoisotopic (exact) mass is 398 g/mol. The molecule has 1 amide bonds. The summed E-state index contributed by atoms with van der Waals surface area (Å²) in [5, 5.41) is 5.07. The number of ether oxygens (including phenoxy) is 1. The van der Waals surface area contributed by atoms with Crippen LogP contribution < -0.4 is 10.1 Å². The van der Waals surface area contributed by atoms with Crippen molar-refractivity contribution in [2.45, 2.75) is 13.1 Å². The molecule has 4 nitrogen and oxygen atoms in total. The van der Waals surface area contributed by atoms with E-state index >= 15 is 0 Å². The van der Waals surface area contributed by atoms with E-state index < -0.39 is 17.6 Å². The highest BCUT2D eigenvalue weighted by Gasteiger charge is 2.31. The number of nitrogens with zero attached hydrogens (tertiary/aromatic N) is 1. The summed E-state index contributed by atoms with van der Waals surface area (Å²) in [4.78, 5) is 17.9. The van der Waals surface area contributed by atoms with E-state index in [1.807, 2.05) is 17.5 Å². The van der Waals surface area contributed by atoms with Crippen molar-refractivity contribution in [2.24, 2.45) is 0 Å². The quantitative estimate of drug-likeness (QED) is 0.614. The summed E-state index contributed by atoms with van der Waals surface area (Å²) in [7, 11) is 0. The van der Waals surface area contributed by atoms with Gasteiger partial charge in [0.15, 0.2) is 0 Å². The van der Waals surface area contributed by atoms with E-state index in [2.05, 4.69) is 10.3 Å². The zero-order valence-electron chi connectivity index (χ0n) is 13.5. The van der Waals surface area contributed by atoms with E-state index in [4.69, 9.17) is 4.74 Å². The fourth-order valence-electron chi connectivity index (χ4n) is 2.16. The number of anilines is 1. The van der Waals surface area contributed by atoms with Crippen LogP contribution in [0.3, 0.4) is 0 Å². The lowest BCUT2D eigenvalue weighted by atomic mass is 10.1. The Kier molecular flexibility index (Phi) is 5.28. The summed E-state index contributed by atoms with van der Waals surface area (Å²) in [6.45, 7) is 1.97. The Bertz CT molecular complexity index is 905. The molecule has 1 N–H and O–H groups in total. The molecule has 0 aliphatic heterocycles. The van der Waals surface area contributed by atoms with E-state index in [9.17, 15) is 18.0 Å². The number of hydrogen-bond acceptors (Lipinski definition) is 5. The molecule has 9 heteroatoms. The molecule has 0 unspecified atom stereocenters. The number of amides is 1. The van der Waals surface area contributed by atoms with Crippen molar-refractivity contribution >= 4 is 34.3 Å². The van der Waals surface area contributed by atoms with Crippen molar-refractivity contribution in [1.82, 2.24) is 4.98 Å². The standard InChI is InChI=1S/C17H13F3N2O2S2/c1-2-24-12-6-5-10(17(18,19)20)8-11(12)22-15(23)14-9-21-16(26-14)13-4-3-7-25-13/h3-9H,2H2,1H3,(H,22,23). The first-order chi connectivity index (χ1) is 12.4. The smallest absolute Gasteiger partial charge is 0.416 e. The molecule has 0 spiro atoms. The number of carbonyl (C=O) groups excluding carboxylic acids is 1. The van der Waals surface area contributed by atoms with Gasteiger partial charge in [0.1, 0.15) is 15.6 Å². The van der Waals surface area contributed by atoms with Crippen LogP contribution in [0.4, 0.5) is 18.9 Å². The molecule has 2 aromatic heterocycles. The molecule has 3 rings (SSSR count). The zero-order chi connectivity index (χ0) is 18.7. The number of nitrogens with one attached hydrogen (secondary N) is 1. The number of rotatable bonds is 5. The summed E-state index contributed by atoms with van der Waals surface area (Å²) in [5.74, 6) is -0.359. The lowest BCUT2D eigenvalue weighted by molar-refractivity contribution is -0.137. The third-order valence-electron chi connectivity index (χ3n) is 3.32. The molecule has 0 saturated carbocycles. The molecule has 26 heavy (non-hydrogen) atoms. The average Bonchev–Trinajstić information content (AvgIpc) is 3.27. The molecule has 136 valence electrons. The molecule has 0 aliphatic rings. The van der Waals surface area contributed by atoms with Crippen LogP contribution in [0.15, 0.2) is 41.9 Å². The van der Waals surface area contributed by atoms with Gasteiger partial charge in [0, 0.05) is 0 Å². The maximum atomic E-state index is 12.9. The average molecular weight is 398 g/mol. The Morgan fingerprint density at radius 1 is 1.31 bits per heavy atom. The normalized spacial score (nSPS) is 11.4. The number of aromatic nitrogens is 1. The van der Waals surface area contributed by atoms with Crippen molar-refractivity contribution in [3.8, 4) is 15.6 Å². The second-order valence-electron chi connectivity index (χ2n) is 5.10.